The van der Waals surface area contributed by atoms with Gasteiger partial charge in [0.15, 0.2) is 0 Å². The zero-order valence-corrected chi connectivity index (χ0v) is 10.9. The molecule has 1 aliphatic heterocycles. The third kappa shape index (κ3) is 3.31. The molecule has 19 heavy (non-hydrogen) atoms. The number of nitrogens with two attached hydrogens (primary N) is 1. The fraction of sp³-hybridized carbons (Fsp3) is 0.583. The maximum atomic E-state index is 10.7. The van der Waals surface area contributed by atoms with Gasteiger partial charge in [-0.25, -0.2) is 4.98 Å². The number of hydrogen-bond acceptors (Lipinski definition) is 6. The summed E-state index contributed by atoms with van der Waals surface area (Å²) >= 11 is 0. The molecule has 0 atom stereocenters. The summed E-state index contributed by atoms with van der Waals surface area (Å²) in [7, 11) is 1.92. The molecule has 2 heterocycles. The lowest BCUT2D eigenvalue weighted by Gasteiger charge is -2.27. The fourth-order valence-corrected chi connectivity index (χ4v) is 2.23. The average Bonchev–Trinajstić information content (AvgIpc) is 2.39. The largest absolute Gasteiger partial charge is 0.381 e. The van der Waals surface area contributed by atoms with E-state index >= 15 is 0 Å². The molecule has 0 aliphatic carbocycles. The van der Waals surface area contributed by atoms with Crippen LogP contribution in [0.1, 0.15) is 12.8 Å². The molecule has 0 unspecified atom stereocenters. The molecule has 0 amide bonds. The van der Waals surface area contributed by atoms with Crippen molar-refractivity contribution in [3.63, 3.8) is 0 Å². The molecule has 1 aromatic heterocycles. The Morgan fingerprint density at radius 3 is 2.79 bits per heavy atom. The van der Waals surface area contributed by atoms with Gasteiger partial charge in [0.25, 0.3) is 0 Å². The predicted molar refractivity (Wildman–Crippen MR) is 72.1 cm³/mol. The molecule has 0 saturated carbocycles. The van der Waals surface area contributed by atoms with Crippen molar-refractivity contribution in [2.45, 2.75) is 12.8 Å². The minimum absolute atomic E-state index is 0.0404. The molecule has 1 aromatic rings. The molecule has 2 N–H and O–H groups in total. The van der Waals surface area contributed by atoms with Crippen molar-refractivity contribution in [2.24, 2.45) is 5.92 Å². The van der Waals surface area contributed by atoms with Crippen molar-refractivity contribution in [2.75, 3.05) is 37.4 Å². The van der Waals surface area contributed by atoms with E-state index in [1.54, 1.807) is 6.07 Å². The van der Waals surface area contributed by atoms with Gasteiger partial charge in [0, 0.05) is 32.9 Å². The topological polar surface area (TPSA) is 94.5 Å². The van der Waals surface area contributed by atoms with E-state index in [0.717, 1.165) is 32.6 Å². The SMILES string of the molecule is CN(CC1CCOCC1)c1ccc([N+](=O)[O-])c(N)n1. The molecule has 7 heteroatoms. The number of nitrogen functional groups attached to an aromatic ring is 1. The summed E-state index contributed by atoms with van der Waals surface area (Å²) in [6, 6.07) is 3.03. The third-order valence-electron chi connectivity index (χ3n) is 3.35. The average molecular weight is 266 g/mol. The molecule has 0 spiro atoms. The predicted octanol–water partition coefficient (Wildman–Crippen LogP) is 1.43. The number of anilines is 2. The standard InChI is InChI=1S/C12H18N4O3/c1-15(8-9-4-6-19-7-5-9)11-3-2-10(16(17)18)12(13)14-11/h2-3,9H,4-8H2,1H3,(H2,13,14). The molecule has 1 saturated heterocycles. The van der Waals surface area contributed by atoms with Gasteiger partial charge in [-0.2, -0.15) is 0 Å². The number of hydrogen-bond donors (Lipinski definition) is 1. The van der Waals surface area contributed by atoms with Crippen LogP contribution in [0, 0.1) is 16.0 Å². The van der Waals surface area contributed by atoms with Crippen molar-refractivity contribution >= 4 is 17.3 Å². The van der Waals surface area contributed by atoms with E-state index in [0.29, 0.717) is 11.7 Å². The molecular weight excluding hydrogens is 248 g/mol. The van der Waals surface area contributed by atoms with E-state index in [9.17, 15) is 10.1 Å². The van der Waals surface area contributed by atoms with E-state index in [2.05, 4.69) is 4.98 Å². The summed E-state index contributed by atoms with van der Waals surface area (Å²) in [5.41, 5.74) is 5.44. The van der Waals surface area contributed by atoms with Crippen LogP contribution in [0.25, 0.3) is 0 Å². The Balaban J connectivity index is 2.04. The first-order chi connectivity index (χ1) is 9.08. The Kier molecular flexibility index (Phi) is 4.16. The summed E-state index contributed by atoms with van der Waals surface area (Å²) in [5, 5.41) is 10.7. The molecule has 1 aliphatic rings. The zero-order valence-electron chi connectivity index (χ0n) is 10.9. The second kappa shape index (κ2) is 5.83. The van der Waals surface area contributed by atoms with E-state index in [4.69, 9.17) is 10.5 Å². The van der Waals surface area contributed by atoms with Crippen LogP contribution in [0.2, 0.25) is 0 Å². The van der Waals surface area contributed by atoms with Crippen molar-refractivity contribution in [1.82, 2.24) is 4.98 Å². The molecule has 0 radical (unpaired) electrons. The normalized spacial score (nSPS) is 16.3. The maximum Gasteiger partial charge on any atom is 0.311 e. The second-order valence-corrected chi connectivity index (χ2v) is 4.77. The van der Waals surface area contributed by atoms with Crippen molar-refractivity contribution in [1.29, 1.82) is 0 Å². The van der Waals surface area contributed by atoms with Crippen LogP contribution in [0.5, 0.6) is 0 Å². The highest BCUT2D eigenvalue weighted by atomic mass is 16.6. The van der Waals surface area contributed by atoms with Gasteiger partial charge in [0.1, 0.15) is 5.82 Å². The first kappa shape index (κ1) is 13.5. The lowest BCUT2D eigenvalue weighted by Crippen LogP contribution is -2.30. The number of rotatable bonds is 4. The summed E-state index contributed by atoms with van der Waals surface area (Å²) in [4.78, 5) is 16.2. The molecule has 0 aromatic carbocycles. The van der Waals surface area contributed by atoms with Crippen LogP contribution in [0.3, 0.4) is 0 Å². The number of ether oxygens (including phenoxy) is 1. The quantitative estimate of drug-likeness (QED) is 0.654. The highest BCUT2D eigenvalue weighted by Gasteiger charge is 2.18. The molecule has 104 valence electrons. The Hall–Kier alpha value is -1.89. The van der Waals surface area contributed by atoms with Gasteiger partial charge in [0.05, 0.1) is 4.92 Å². The lowest BCUT2D eigenvalue weighted by molar-refractivity contribution is -0.384. The summed E-state index contributed by atoms with van der Waals surface area (Å²) < 4.78 is 5.32. The van der Waals surface area contributed by atoms with Crippen LogP contribution in [0.15, 0.2) is 12.1 Å². The molecule has 7 nitrogen and oxygen atoms in total. The van der Waals surface area contributed by atoms with E-state index in [-0.39, 0.29) is 11.5 Å². The Morgan fingerprint density at radius 2 is 2.21 bits per heavy atom. The minimum atomic E-state index is -0.523. The van der Waals surface area contributed by atoms with Crippen LogP contribution >= 0.6 is 0 Å². The van der Waals surface area contributed by atoms with Crippen LogP contribution in [-0.2, 0) is 4.74 Å². The second-order valence-electron chi connectivity index (χ2n) is 4.77. The molecule has 1 fully saturated rings. The third-order valence-corrected chi connectivity index (χ3v) is 3.35. The highest BCUT2D eigenvalue weighted by Crippen LogP contribution is 2.24. The van der Waals surface area contributed by atoms with Gasteiger partial charge in [-0.3, -0.25) is 10.1 Å². The van der Waals surface area contributed by atoms with Crippen LogP contribution in [0.4, 0.5) is 17.3 Å². The first-order valence-corrected chi connectivity index (χ1v) is 6.27. The highest BCUT2D eigenvalue weighted by molar-refractivity contribution is 5.57. The molecular formula is C12H18N4O3. The van der Waals surface area contributed by atoms with Gasteiger partial charge in [-0.15, -0.1) is 0 Å². The van der Waals surface area contributed by atoms with Gasteiger partial charge < -0.3 is 15.4 Å². The zero-order chi connectivity index (χ0) is 13.8. The summed E-state index contributed by atoms with van der Waals surface area (Å²) in [5.74, 6) is 1.19. The van der Waals surface area contributed by atoms with Gasteiger partial charge in [0.2, 0.25) is 5.82 Å². The maximum absolute atomic E-state index is 10.7. The van der Waals surface area contributed by atoms with Gasteiger partial charge in [-0.1, -0.05) is 0 Å². The van der Waals surface area contributed by atoms with E-state index in [1.807, 2.05) is 11.9 Å². The van der Waals surface area contributed by atoms with Crippen molar-refractivity contribution < 1.29 is 9.66 Å². The van der Waals surface area contributed by atoms with Gasteiger partial charge >= 0.3 is 5.69 Å². The Bertz CT molecular complexity index is 460. The summed E-state index contributed by atoms with van der Waals surface area (Å²) in [6.07, 6.45) is 2.07. The van der Waals surface area contributed by atoms with E-state index < -0.39 is 4.92 Å². The molecule has 2 rings (SSSR count). The molecule has 0 bridgehead atoms. The Labute approximate surface area is 111 Å². The monoisotopic (exact) mass is 266 g/mol. The Morgan fingerprint density at radius 1 is 1.53 bits per heavy atom. The summed E-state index contributed by atoms with van der Waals surface area (Å²) in [6.45, 7) is 2.45. The number of nitro groups is 1. The van der Waals surface area contributed by atoms with E-state index in [1.165, 1.54) is 6.07 Å². The smallest absolute Gasteiger partial charge is 0.311 e. The lowest BCUT2D eigenvalue weighted by atomic mass is 10.00. The van der Waals surface area contributed by atoms with Crippen molar-refractivity contribution in [3.05, 3.63) is 22.2 Å². The van der Waals surface area contributed by atoms with Gasteiger partial charge in [-0.05, 0) is 24.8 Å². The van der Waals surface area contributed by atoms with Crippen LogP contribution < -0.4 is 10.6 Å². The first-order valence-electron chi connectivity index (χ1n) is 6.27. The fourth-order valence-electron chi connectivity index (χ4n) is 2.23. The number of nitrogens with zero attached hydrogens (tertiary/aromatic N) is 3. The number of aromatic nitrogens is 1. The number of pyridine rings is 1. The van der Waals surface area contributed by atoms with Crippen molar-refractivity contribution in [3.8, 4) is 0 Å². The minimum Gasteiger partial charge on any atom is -0.381 e. The van der Waals surface area contributed by atoms with Crippen LogP contribution in [-0.4, -0.2) is 36.7 Å².